The zero-order valence-electron chi connectivity index (χ0n) is 41.4. The number of carbonyl (C=O) groups excluding carboxylic acids is 1. The minimum atomic E-state index is -4.31. The van der Waals surface area contributed by atoms with Crippen molar-refractivity contribution in [1.29, 1.82) is 0 Å². The molecular formula is C52H106N2O6P+. The van der Waals surface area contributed by atoms with Gasteiger partial charge >= 0.3 is 7.82 Å². The molecule has 3 atom stereocenters. The molecule has 0 aromatic heterocycles. The summed E-state index contributed by atoms with van der Waals surface area (Å²) in [7, 11) is 1.62. The van der Waals surface area contributed by atoms with Crippen molar-refractivity contribution in [3.05, 3.63) is 12.2 Å². The minimum absolute atomic E-state index is 0.0765. The molecule has 0 rings (SSSR count). The number of carbonyl (C=O) groups is 1. The highest BCUT2D eigenvalue weighted by molar-refractivity contribution is 7.47. The van der Waals surface area contributed by atoms with Crippen LogP contribution in [0.5, 0.6) is 0 Å². The first kappa shape index (κ1) is 60.2. The van der Waals surface area contributed by atoms with Gasteiger partial charge in [0.05, 0.1) is 39.9 Å². The van der Waals surface area contributed by atoms with Gasteiger partial charge in [-0.2, -0.15) is 0 Å². The number of hydrogen-bond acceptors (Lipinski definition) is 5. The first-order valence-electron chi connectivity index (χ1n) is 26.6. The predicted octanol–water partition coefficient (Wildman–Crippen LogP) is 15.5. The lowest BCUT2D eigenvalue weighted by molar-refractivity contribution is -0.870. The van der Waals surface area contributed by atoms with E-state index < -0.39 is 20.0 Å². The number of allylic oxidation sites excluding steroid dienone is 2. The van der Waals surface area contributed by atoms with Gasteiger partial charge in [0, 0.05) is 6.42 Å². The highest BCUT2D eigenvalue weighted by atomic mass is 31.2. The molecule has 8 nitrogen and oxygen atoms in total. The molecule has 364 valence electrons. The van der Waals surface area contributed by atoms with E-state index in [9.17, 15) is 19.4 Å². The van der Waals surface area contributed by atoms with Crippen molar-refractivity contribution in [3.8, 4) is 0 Å². The number of phosphoric ester groups is 1. The fraction of sp³-hybridized carbons (Fsp3) is 0.942. The first-order valence-corrected chi connectivity index (χ1v) is 28.0. The molecule has 0 aromatic carbocycles. The van der Waals surface area contributed by atoms with E-state index >= 15 is 0 Å². The number of quaternary nitrogens is 1. The van der Waals surface area contributed by atoms with Crippen LogP contribution in [0, 0.1) is 0 Å². The monoisotopic (exact) mass is 886 g/mol. The standard InChI is InChI=1S/C52H105N2O6P/c1-6-8-10-12-14-16-18-20-22-23-24-25-26-27-28-29-30-31-32-34-36-38-40-42-44-46-52(56)53-50(49-60-61(57,58)59-48-47-54(3,4)5)51(55)45-43-41-39-37-35-33-21-19-17-15-13-11-9-7-2/h27-28,50-51,55H,6-26,29-49H2,1-5H3,(H-,53,56,57,58)/p+1/b28-27-. The van der Waals surface area contributed by atoms with Crippen LogP contribution in [0.3, 0.4) is 0 Å². The van der Waals surface area contributed by atoms with Gasteiger partial charge in [-0.1, -0.05) is 231 Å². The quantitative estimate of drug-likeness (QED) is 0.0243. The second-order valence-electron chi connectivity index (χ2n) is 19.6. The Hall–Kier alpha value is -0.760. The van der Waals surface area contributed by atoms with Crippen molar-refractivity contribution >= 4 is 13.7 Å². The number of aliphatic hydroxyl groups is 1. The third kappa shape index (κ3) is 47.0. The summed E-state index contributed by atoms with van der Waals surface area (Å²) in [6, 6.07) is -0.758. The van der Waals surface area contributed by atoms with Crippen LogP contribution in [0.2, 0.25) is 0 Å². The van der Waals surface area contributed by atoms with Gasteiger partial charge in [-0.25, -0.2) is 4.57 Å². The zero-order valence-corrected chi connectivity index (χ0v) is 42.3. The van der Waals surface area contributed by atoms with Crippen LogP contribution in [0.1, 0.15) is 264 Å². The average Bonchev–Trinajstić information content (AvgIpc) is 3.21. The molecule has 1 amide bonds. The molecule has 0 radical (unpaired) electrons. The maximum atomic E-state index is 12.9. The summed E-state index contributed by atoms with van der Waals surface area (Å²) in [4.78, 5) is 23.2. The van der Waals surface area contributed by atoms with Crippen molar-refractivity contribution in [3.63, 3.8) is 0 Å². The van der Waals surface area contributed by atoms with E-state index in [0.29, 0.717) is 23.9 Å². The van der Waals surface area contributed by atoms with Crippen LogP contribution in [-0.2, 0) is 18.4 Å². The highest BCUT2D eigenvalue weighted by Crippen LogP contribution is 2.43. The number of rotatable bonds is 49. The molecule has 0 spiro atoms. The molecule has 0 aliphatic heterocycles. The highest BCUT2D eigenvalue weighted by Gasteiger charge is 2.28. The molecule has 3 N–H and O–H groups in total. The first-order chi connectivity index (χ1) is 29.5. The van der Waals surface area contributed by atoms with E-state index in [1.165, 1.54) is 199 Å². The fourth-order valence-electron chi connectivity index (χ4n) is 8.04. The molecule has 0 saturated carbocycles. The van der Waals surface area contributed by atoms with Crippen LogP contribution in [0.25, 0.3) is 0 Å². The summed E-state index contributed by atoms with van der Waals surface area (Å²) < 4.78 is 23.7. The normalized spacial score (nSPS) is 14.1. The predicted molar refractivity (Wildman–Crippen MR) is 263 cm³/mol. The minimum Gasteiger partial charge on any atom is -0.391 e. The molecular weight excluding hydrogens is 780 g/mol. The van der Waals surface area contributed by atoms with E-state index in [2.05, 4.69) is 31.3 Å². The van der Waals surface area contributed by atoms with Crippen molar-refractivity contribution in [2.75, 3.05) is 40.9 Å². The molecule has 0 aliphatic carbocycles. The van der Waals surface area contributed by atoms with Crippen LogP contribution >= 0.6 is 7.82 Å². The number of nitrogens with zero attached hydrogens (tertiary/aromatic N) is 1. The summed E-state index contributed by atoms with van der Waals surface area (Å²) in [5.74, 6) is -0.143. The number of unbranched alkanes of at least 4 members (excludes halogenated alkanes) is 34. The summed E-state index contributed by atoms with van der Waals surface area (Å²) in [6.45, 7) is 4.92. The van der Waals surface area contributed by atoms with Gasteiger partial charge in [-0.3, -0.25) is 13.8 Å². The Morgan fingerprint density at radius 1 is 0.541 bits per heavy atom. The SMILES string of the molecule is CCCCCCCCCCCCCC/C=C\CCCCCCCCCCCC(=O)NC(COP(=O)(O)OCC[N+](C)(C)C)C(O)CCCCCCCCCCCCCCCC. The Bertz CT molecular complexity index is 1000. The molecule has 9 heteroatoms. The second kappa shape index (κ2) is 44.4. The maximum absolute atomic E-state index is 12.9. The molecule has 0 aliphatic rings. The summed E-state index contributed by atoms with van der Waals surface area (Å²) in [6.07, 6.45) is 52.5. The Morgan fingerprint density at radius 3 is 1.26 bits per heavy atom. The number of hydrogen-bond donors (Lipinski definition) is 3. The van der Waals surface area contributed by atoms with E-state index in [4.69, 9.17) is 9.05 Å². The molecule has 0 aromatic rings. The van der Waals surface area contributed by atoms with Gasteiger partial charge in [0.25, 0.3) is 0 Å². The van der Waals surface area contributed by atoms with Crippen LogP contribution in [0.15, 0.2) is 12.2 Å². The molecule has 0 saturated heterocycles. The van der Waals surface area contributed by atoms with Crippen molar-refractivity contribution < 1.29 is 32.9 Å². The van der Waals surface area contributed by atoms with E-state index in [1.54, 1.807) is 0 Å². The molecule has 0 fully saturated rings. The number of phosphoric acid groups is 1. The largest absolute Gasteiger partial charge is 0.472 e. The second-order valence-corrected chi connectivity index (χ2v) is 21.1. The number of likely N-dealkylation sites (N-methyl/N-ethyl adjacent to an activating group) is 1. The lowest BCUT2D eigenvalue weighted by Gasteiger charge is -2.26. The molecule has 0 bridgehead atoms. The van der Waals surface area contributed by atoms with Gasteiger partial charge in [-0.05, 0) is 38.5 Å². The summed E-state index contributed by atoms with van der Waals surface area (Å²) in [5.41, 5.74) is 0. The topological polar surface area (TPSA) is 105 Å². The Labute approximate surface area is 380 Å². The Balaban J connectivity index is 4.15. The molecule has 3 unspecified atom stereocenters. The lowest BCUT2D eigenvalue weighted by Crippen LogP contribution is -2.46. The Morgan fingerprint density at radius 2 is 0.885 bits per heavy atom. The van der Waals surface area contributed by atoms with E-state index in [-0.39, 0.29) is 19.1 Å². The van der Waals surface area contributed by atoms with Crippen LogP contribution in [0.4, 0.5) is 0 Å². The summed E-state index contributed by atoms with van der Waals surface area (Å²) in [5, 5.41) is 14.0. The molecule has 61 heavy (non-hydrogen) atoms. The van der Waals surface area contributed by atoms with Crippen molar-refractivity contribution in [2.45, 2.75) is 276 Å². The lowest BCUT2D eigenvalue weighted by atomic mass is 10.0. The van der Waals surface area contributed by atoms with E-state index in [0.717, 1.165) is 38.5 Å². The number of nitrogens with one attached hydrogen (secondary N) is 1. The zero-order chi connectivity index (χ0) is 45.0. The third-order valence-electron chi connectivity index (χ3n) is 12.3. The third-order valence-corrected chi connectivity index (χ3v) is 13.2. The molecule has 0 heterocycles. The van der Waals surface area contributed by atoms with Crippen molar-refractivity contribution in [1.82, 2.24) is 5.32 Å². The van der Waals surface area contributed by atoms with Crippen LogP contribution < -0.4 is 5.32 Å². The average molecular weight is 886 g/mol. The van der Waals surface area contributed by atoms with Gasteiger partial charge in [-0.15, -0.1) is 0 Å². The van der Waals surface area contributed by atoms with Gasteiger partial charge < -0.3 is 19.8 Å². The fourth-order valence-corrected chi connectivity index (χ4v) is 8.78. The maximum Gasteiger partial charge on any atom is 0.472 e. The van der Waals surface area contributed by atoms with Crippen LogP contribution in [-0.4, -0.2) is 73.4 Å². The number of amides is 1. The Kier molecular flexibility index (Phi) is 43.9. The van der Waals surface area contributed by atoms with E-state index in [1.807, 2.05) is 21.1 Å². The van der Waals surface area contributed by atoms with Gasteiger partial charge in [0.15, 0.2) is 0 Å². The van der Waals surface area contributed by atoms with Gasteiger partial charge in [0.2, 0.25) is 5.91 Å². The summed E-state index contributed by atoms with van der Waals surface area (Å²) >= 11 is 0. The van der Waals surface area contributed by atoms with Gasteiger partial charge in [0.1, 0.15) is 13.2 Å². The van der Waals surface area contributed by atoms with Crippen molar-refractivity contribution in [2.24, 2.45) is 0 Å². The number of aliphatic hydroxyl groups excluding tert-OH is 1. The smallest absolute Gasteiger partial charge is 0.391 e.